The van der Waals surface area contributed by atoms with E-state index < -0.39 is 11.8 Å². The van der Waals surface area contributed by atoms with Gasteiger partial charge in [-0.3, -0.25) is 4.79 Å². The summed E-state index contributed by atoms with van der Waals surface area (Å²) >= 11 is 0. The molecule has 4 heteroatoms. The van der Waals surface area contributed by atoms with Crippen LogP contribution in [0, 0.1) is 0 Å². The molecule has 1 saturated heterocycles. The lowest BCUT2D eigenvalue weighted by atomic mass is 10.1. The van der Waals surface area contributed by atoms with Crippen LogP contribution in [0.2, 0.25) is 0 Å². The molecule has 1 aliphatic heterocycles. The maximum absolute atomic E-state index is 11.5. The highest BCUT2D eigenvalue weighted by atomic mass is 16.6. The summed E-state index contributed by atoms with van der Waals surface area (Å²) in [6.45, 7) is 0.734. The average molecular weight is 236 g/mol. The third-order valence-corrected chi connectivity index (χ3v) is 2.75. The zero-order valence-corrected chi connectivity index (χ0v) is 9.59. The molecule has 2 rings (SSSR count). The quantitative estimate of drug-likeness (QED) is 0.807. The second-order valence-corrected chi connectivity index (χ2v) is 4.22. The highest BCUT2D eigenvalue weighted by molar-refractivity contribution is 5.70. The first-order valence-corrected chi connectivity index (χ1v) is 5.74. The smallest absolute Gasteiger partial charge is 0.311 e. The van der Waals surface area contributed by atoms with Crippen molar-refractivity contribution < 1.29 is 19.4 Å². The van der Waals surface area contributed by atoms with E-state index in [0.717, 1.165) is 12.0 Å². The normalized spacial score (nSPS) is 23.6. The van der Waals surface area contributed by atoms with Crippen LogP contribution in [0.15, 0.2) is 30.3 Å². The van der Waals surface area contributed by atoms with E-state index in [9.17, 15) is 9.90 Å². The number of carbonyl (C=O) groups is 1. The molecule has 1 atom stereocenters. The van der Waals surface area contributed by atoms with Gasteiger partial charge in [-0.25, -0.2) is 0 Å². The number of aliphatic hydroxyl groups is 1. The molecular formula is C13H16O4. The largest absolute Gasteiger partial charge is 0.461 e. The first-order chi connectivity index (χ1) is 8.18. The summed E-state index contributed by atoms with van der Waals surface area (Å²) < 4.78 is 10.2. The lowest BCUT2D eigenvalue weighted by molar-refractivity contribution is -0.190. The van der Waals surface area contributed by atoms with Crippen molar-refractivity contribution in [3.8, 4) is 0 Å². The van der Waals surface area contributed by atoms with Gasteiger partial charge in [-0.2, -0.15) is 0 Å². The van der Waals surface area contributed by atoms with Gasteiger partial charge in [0.25, 0.3) is 0 Å². The fourth-order valence-electron chi connectivity index (χ4n) is 1.84. The molecule has 17 heavy (non-hydrogen) atoms. The molecule has 0 aromatic heterocycles. The van der Waals surface area contributed by atoms with Crippen molar-refractivity contribution >= 4 is 5.97 Å². The molecule has 1 aromatic rings. The number of carbonyl (C=O) groups excluding carboxylic acids is 1. The summed E-state index contributed by atoms with van der Waals surface area (Å²) in [5, 5.41) is 9.84. The lowest BCUT2D eigenvalue weighted by Crippen LogP contribution is -2.31. The van der Waals surface area contributed by atoms with Crippen LogP contribution in [0.1, 0.15) is 24.8 Å². The molecule has 0 bridgehead atoms. The Morgan fingerprint density at radius 3 is 2.82 bits per heavy atom. The molecular weight excluding hydrogens is 220 g/mol. The maximum Gasteiger partial charge on any atom is 0.311 e. The Hall–Kier alpha value is -1.39. The standard InChI is InChI=1S/C13H16O4/c14-12(9-13(15)7-4-8-17-13)16-10-11-5-2-1-3-6-11/h1-3,5-6,15H,4,7-10H2. The van der Waals surface area contributed by atoms with Gasteiger partial charge in [0.2, 0.25) is 0 Å². The monoisotopic (exact) mass is 236 g/mol. The Morgan fingerprint density at radius 1 is 1.41 bits per heavy atom. The number of hydrogen-bond acceptors (Lipinski definition) is 4. The number of benzene rings is 1. The van der Waals surface area contributed by atoms with E-state index in [4.69, 9.17) is 9.47 Å². The summed E-state index contributed by atoms with van der Waals surface area (Å²) in [6.07, 6.45) is 1.18. The molecule has 1 aromatic carbocycles. The molecule has 1 unspecified atom stereocenters. The molecule has 0 amide bonds. The summed E-state index contributed by atoms with van der Waals surface area (Å²) in [7, 11) is 0. The van der Waals surface area contributed by atoms with Crippen molar-refractivity contribution in [3.05, 3.63) is 35.9 Å². The minimum atomic E-state index is -1.31. The molecule has 92 valence electrons. The van der Waals surface area contributed by atoms with Crippen molar-refractivity contribution in [2.45, 2.75) is 31.7 Å². The van der Waals surface area contributed by atoms with Crippen LogP contribution in [0.5, 0.6) is 0 Å². The molecule has 0 radical (unpaired) electrons. The van der Waals surface area contributed by atoms with Crippen LogP contribution >= 0.6 is 0 Å². The summed E-state index contributed by atoms with van der Waals surface area (Å²) in [5.41, 5.74) is 0.931. The molecule has 1 N–H and O–H groups in total. The van der Waals surface area contributed by atoms with E-state index in [1.807, 2.05) is 30.3 Å². The van der Waals surface area contributed by atoms with Crippen LogP contribution in [0.25, 0.3) is 0 Å². The van der Waals surface area contributed by atoms with Crippen molar-refractivity contribution in [1.29, 1.82) is 0 Å². The van der Waals surface area contributed by atoms with Gasteiger partial charge in [0.05, 0.1) is 13.0 Å². The van der Waals surface area contributed by atoms with Gasteiger partial charge < -0.3 is 14.6 Å². The molecule has 4 nitrogen and oxygen atoms in total. The Morgan fingerprint density at radius 2 is 2.18 bits per heavy atom. The highest BCUT2D eigenvalue weighted by Gasteiger charge is 2.35. The zero-order chi connectivity index (χ0) is 12.1. The Balaban J connectivity index is 1.78. The van der Waals surface area contributed by atoms with Crippen LogP contribution < -0.4 is 0 Å². The first kappa shape index (κ1) is 12.1. The zero-order valence-electron chi connectivity index (χ0n) is 9.59. The van der Waals surface area contributed by atoms with Gasteiger partial charge in [0, 0.05) is 6.42 Å². The van der Waals surface area contributed by atoms with Gasteiger partial charge in [-0.15, -0.1) is 0 Å². The third kappa shape index (κ3) is 3.54. The molecule has 0 spiro atoms. The van der Waals surface area contributed by atoms with Crippen LogP contribution in [-0.2, 0) is 20.9 Å². The van der Waals surface area contributed by atoms with Crippen LogP contribution in [0.4, 0.5) is 0 Å². The second kappa shape index (κ2) is 5.29. The molecule has 0 saturated carbocycles. The Labute approximate surface area is 100 Å². The second-order valence-electron chi connectivity index (χ2n) is 4.22. The molecule has 0 aliphatic carbocycles. The number of rotatable bonds is 4. The number of esters is 1. The van der Waals surface area contributed by atoms with E-state index in [-0.39, 0.29) is 13.0 Å². The summed E-state index contributed by atoms with van der Waals surface area (Å²) in [5.74, 6) is -1.74. The lowest BCUT2D eigenvalue weighted by Gasteiger charge is -2.20. The number of hydrogen-bond donors (Lipinski definition) is 1. The fourth-order valence-corrected chi connectivity index (χ4v) is 1.84. The molecule has 1 fully saturated rings. The van der Waals surface area contributed by atoms with E-state index in [2.05, 4.69) is 0 Å². The summed E-state index contributed by atoms with van der Waals surface area (Å²) in [4.78, 5) is 11.5. The van der Waals surface area contributed by atoms with E-state index in [0.29, 0.717) is 13.0 Å². The highest BCUT2D eigenvalue weighted by Crippen LogP contribution is 2.26. The van der Waals surface area contributed by atoms with E-state index in [1.54, 1.807) is 0 Å². The summed E-state index contributed by atoms with van der Waals surface area (Å²) in [6, 6.07) is 9.44. The minimum Gasteiger partial charge on any atom is -0.461 e. The minimum absolute atomic E-state index is 0.0974. The van der Waals surface area contributed by atoms with Crippen molar-refractivity contribution in [1.82, 2.24) is 0 Å². The predicted molar refractivity (Wildman–Crippen MR) is 61.0 cm³/mol. The van der Waals surface area contributed by atoms with Gasteiger partial charge >= 0.3 is 5.97 Å². The number of ether oxygens (including phenoxy) is 2. The van der Waals surface area contributed by atoms with Crippen molar-refractivity contribution in [3.63, 3.8) is 0 Å². The van der Waals surface area contributed by atoms with Crippen molar-refractivity contribution in [2.24, 2.45) is 0 Å². The van der Waals surface area contributed by atoms with Crippen LogP contribution in [-0.4, -0.2) is 23.5 Å². The third-order valence-electron chi connectivity index (χ3n) is 2.75. The predicted octanol–water partition coefficient (Wildman–Crippen LogP) is 1.62. The van der Waals surface area contributed by atoms with Gasteiger partial charge in [-0.05, 0) is 12.0 Å². The van der Waals surface area contributed by atoms with Gasteiger partial charge in [-0.1, -0.05) is 30.3 Å². The Bertz CT molecular complexity index is 368. The fraction of sp³-hybridized carbons (Fsp3) is 0.462. The molecule has 1 aliphatic rings. The van der Waals surface area contributed by atoms with E-state index in [1.165, 1.54) is 0 Å². The van der Waals surface area contributed by atoms with Crippen LogP contribution in [0.3, 0.4) is 0 Å². The average Bonchev–Trinajstić information content (AvgIpc) is 2.74. The van der Waals surface area contributed by atoms with Crippen molar-refractivity contribution in [2.75, 3.05) is 6.61 Å². The SMILES string of the molecule is O=C(CC1(O)CCCO1)OCc1ccccc1. The Kier molecular flexibility index (Phi) is 3.76. The molecule has 1 heterocycles. The maximum atomic E-state index is 11.5. The van der Waals surface area contributed by atoms with Gasteiger partial charge in [0.1, 0.15) is 6.61 Å². The van der Waals surface area contributed by atoms with E-state index >= 15 is 0 Å². The first-order valence-electron chi connectivity index (χ1n) is 5.74. The van der Waals surface area contributed by atoms with Gasteiger partial charge in [0.15, 0.2) is 5.79 Å². The topological polar surface area (TPSA) is 55.8 Å².